The zero-order valence-electron chi connectivity index (χ0n) is 16.8. The molecular formula is C21H30O8. The van der Waals surface area contributed by atoms with Gasteiger partial charge < -0.3 is 28.4 Å². The van der Waals surface area contributed by atoms with E-state index in [2.05, 4.69) is 0 Å². The van der Waals surface area contributed by atoms with Gasteiger partial charge in [0.2, 0.25) is 0 Å². The molecule has 0 aromatic rings. The Labute approximate surface area is 170 Å². The molecule has 0 aromatic heterocycles. The van der Waals surface area contributed by atoms with E-state index in [1.54, 1.807) is 0 Å². The molecule has 5 aliphatic rings. The Bertz CT molecular complexity index is 630. The smallest absolute Gasteiger partial charge is 0.320 e. The van der Waals surface area contributed by atoms with Gasteiger partial charge in [-0.15, -0.1) is 0 Å². The van der Waals surface area contributed by atoms with Crippen molar-refractivity contribution in [1.29, 1.82) is 0 Å². The first-order chi connectivity index (χ1) is 14.1. The van der Waals surface area contributed by atoms with Crippen molar-refractivity contribution >= 4 is 11.9 Å². The van der Waals surface area contributed by atoms with Gasteiger partial charge in [-0.1, -0.05) is 0 Å². The minimum absolute atomic E-state index is 0.261. The largest absolute Gasteiger partial charge is 0.465 e. The summed E-state index contributed by atoms with van der Waals surface area (Å²) in [6.07, 6.45) is 6.86. The number of ether oxygens (including phenoxy) is 6. The van der Waals surface area contributed by atoms with E-state index >= 15 is 0 Å². The number of esters is 2. The second-order valence-electron chi connectivity index (χ2n) is 9.12. The maximum atomic E-state index is 12.3. The van der Waals surface area contributed by atoms with Crippen molar-refractivity contribution in [3.8, 4) is 0 Å². The lowest BCUT2D eigenvalue weighted by molar-refractivity contribution is -0.247. The van der Waals surface area contributed by atoms with Crippen LogP contribution in [0.15, 0.2) is 0 Å². The van der Waals surface area contributed by atoms with Gasteiger partial charge in [-0.25, -0.2) is 0 Å². The highest BCUT2D eigenvalue weighted by Crippen LogP contribution is 2.42. The molecule has 3 heterocycles. The van der Waals surface area contributed by atoms with Crippen LogP contribution in [0, 0.1) is 17.8 Å². The molecule has 7 unspecified atom stereocenters. The average Bonchev–Trinajstić information content (AvgIpc) is 3.65. The fourth-order valence-electron chi connectivity index (χ4n) is 4.85. The predicted molar refractivity (Wildman–Crippen MR) is 97.7 cm³/mol. The summed E-state index contributed by atoms with van der Waals surface area (Å²) in [6.45, 7) is 2.43. The molecule has 162 valence electrons. The van der Waals surface area contributed by atoms with E-state index in [0.29, 0.717) is 42.9 Å². The van der Waals surface area contributed by atoms with Crippen molar-refractivity contribution < 1.29 is 38.0 Å². The van der Waals surface area contributed by atoms with Crippen LogP contribution in [0.3, 0.4) is 0 Å². The van der Waals surface area contributed by atoms with E-state index in [9.17, 15) is 9.59 Å². The van der Waals surface area contributed by atoms with Gasteiger partial charge in [0.15, 0.2) is 12.2 Å². The minimum Gasteiger partial charge on any atom is -0.465 e. The van der Waals surface area contributed by atoms with Crippen LogP contribution in [0.2, 0.25) is 0 Å². The molecule has 5 fully saturated rings. The lowest BCUT2D eigenvalue weighted by Gasteiger charge is -2.34. The second-order valence-corrected chi connectivity index (χ2v) is 9.12. The number of fused-ring (bicyclic) bond motifs is 2. The third-order valence-corrected chi connectivity index (χ3v) is 6.89. The SMILES string of the molecule is CC(C(=O)OCC1CCC2OC2C1)C(=O)OC1COC(C2CCC3OC3C2)OC1. The van der Waals surface area contributed by atoms with Gasteiger partial charge in [-0.05, 0) is 51.4 Å². The first-order valence-electron chi connectivity index (χ1n) is 11.0. The molecule has 8 heteroatoms. The topological polar surface area (TPSA) is 96.1 Å². The normalized spacial score (nSPS) is 44.0. The Hall–Kier alpha value is -1.22. The van der Waals surface area contributed by atoms with E-state index in [0.717, 1.165) is 38.5 Å². The third-order valence-electron chi connectivity index (χ3n) is 6.89. The van der Waals surface area contributed by atoms with E-state index in [-0.39, 0.29) is 19.5 Å². The van der Waals surface area contributed by atoms with Crippen LogP contribution < -0.4 is 0 Å². The standard InChI is InChI=1S/C21H30O8/c1-11(19(22)24-8-12-2-4-15-17(6-12)28-15)20(23)27-14-9-25-21(26-10-14)13-3-5-16-18(7-13)29-16/h11-18,21H,2-10H2,1H3. The van der Waals surface area contributed by atoms with Crippen LogP contribution in [-0.4, -0.2) is 68.6 Å². The van der Waals surface area contributed by atoms with Gasteiger partial charge in [0.05, 0.1) is 44.2 Å². The Morgan fingerprint density at radius 2 is 1.59 bits per heavy atom. The first kappa shape index (κ1) is 19.7. The summed E-state index contributed by atoms with van der Waals surface area (Å²) < 4.78 is 33.4. The minimum atomic E-state index is -0.955. The van der Waals surface area contributed by atoms with Gasteiger partial charge in [0.1, 0.15) is 6.10 Å². The van der Waals surface area contributed by atoms with Crippen LogP contribution in [0.1, 0.15) is 45.4 Å². The molecule has 29 heavy (non-hydrogen) atoms. The summed E-state index contributed by atoms with van der Waals surface area (Å²) >= 11 is 0. The molecule has 0 spiro atoms. The summed E-state index contributed by atoms with van der Waals surface area (Å²) in [4.78, 5) is 24.5. The van der Waals surface area contributed by atoms with Gasteiger partial charge in [-0.2, -0.15) is 0 Å². The summed E-state index contributed by atoms with van der Waals surface area (Å²) in [5, 5.41) is 0. The number of rotatable bonds is 6. The number of carbonyl (C=O) groups excluding carboxylic acids is 2. The fourth-order valence-corrected chi connectivity index (χ4v) is 4.85. The van der Waals surface area contributed by atoms with E-state index in [1.807, 2.05) is 0 Å². The fraction of sp³-hybridized carbons (Fsp3) is 0.905. The molecule has 7 atom stereocenters. The second kappa shape index (κ2) is 8.13. The van der Waals surface area contributed by atoms with Crippen LogP contribution in [0.5, 0.6) is 0 Å². The lowest BCUT2D eigenvalue weighted by atomic mass is 9.88. The van der Waals surface area contributed by atoms with Gasteiger partial charge >= 0.3 is 11.9 Å². The Morgan fingerprint density at radius 3 is 2.28 bits per heavy atom. The van der Waals surface area contributed by atoms with Crippen molar-refractivity contribution in [2.75, 3.05) is 19.8 Å². The molecule has 3 aliphatic heterocycles. The Kier molecular flexibility index (Phi) is 5.53. The lowest BCUT2D eigenvalue weighted by Crippen LogP contribution is -2.43. The average molecular weight is 410 g/mol. The predicted octanol–water partition coefficient (Wildman–Crippen LogP) is 1.59. The van der Waals surface area contributed by atoms with Gasteiger partial charge in [0.25, 0.3) is 0 Å². The maximum Gasteiger partial charge on any atom is 0.320 e. The highest BCUT2D eigenvalue weighted by atomic mass is 16.7. The quantitative estimate of drug-likeness (QED) is 0.370. The van der Waals surface area contributed by atoms with Crippen molar-refractivity contribution in [1.82, 2.24) is 0 Å². The van der Waals surface area contributed by atoms with E-state index in [1.165, 1.54) is 6.92 Å². The molecule has 0 N–H and O–H groups in total. The summed E-state index contributed by atoms with van der Waals surface area (Å²) in [5.41, 5.74) is 0. The molecule has 0 bridgehead atoms. The summed E-state index contributed by atoms with van der Waals surface area (Å²) in [6, 6.07) is 0. The highest BCUT2D eigenvalue weighted by molar-refractivity contribution is 5.94. The molecule has 3 saturated heterocycles. The van der Waals surface area contributed by atoms with Crippen molar-refractivity contribution in [2.24, 2.45) is 17.8 Å². The molecule has 0 aromatic carbocycles. The molecule has 0 amide bonds. The monoisotopic (exact) mass is 410 g/mol. The van der Waals surface area contributed by atoms with Crippen LogP contribution >= 0.6 is 0 Å². The third kappa shape index (κ3) is 4.60. The van der Waals surface area contributed by atoms with Gasteiger partial charge in [-0.3, -0.25) is 9.59 Å². The molecule has 5 rings (SSSR count). The number of epoxide rings is 2. The highest BCUT2D eigenvalue weighted by Gasteiger charge is 2.47. The van der Waals surface area contributed by atoms with Crippen molar-refractivity contribution in [3.63, 3.8) is 0 Å². The molecule has 0 radical (unpaired) electrons. The van der Waals surface area contributed by atoms with Crippen LogP contribution in [0.25, 0.3) is 0 Å². The Balaban J connectivity index is 1.01. The van der Waals surface area contributed by atoms with Crippen molar-refractivity contribution in [2.45, 2.75) is 82.3 Å². The first-order valence-corrected chi connectivity index (χ1v) is 11.0. The molecule has 8 nitrogen and oxygen atoms in total. The Morgan fingerprint density at radius 1 is 0.897 bits per heavy atom. The van der Waals surface area contributed by atoms with Gasteiger partial charge in [0, 0.05) is 5.92 Å². The number of hydrogen-bond donors (Lipinski definition) is 0. The molecule has 2 saturated carbocycles. The summed E-state index contributed by atoms with van der Waals surface area (Å²) in [7, 11) is 0. The number of hydrogen-bond acceptors (Lipinski definition) is 8. The zero-order chi connectivity index (χ0) is 20.0. The summed E-state index contributed by atoms with van der Waals surface area (Å²) in [5.74, 6) is -1.43. The maximum absolute atomic E-state index is 12.3. The van der Waals surface area contributed by atoms with Crippen LogP contribution in [-0.2, 0) is 38.0 Å². The van der Waals surface area contributed by atoms with E-state index in [4.69, 9.17) is 28.4 Å². The van der Waals surface area contributed by atoms with E-state index < -0.39 is 24.0 Å². The molecule has 2 aliphatic carbocycles. The van der Waals surface area contributed by atoms with Crippen LogP contribution in [0.4, 0.5) is 0 Å². The zero-order valence-corrected chi connectivity index (χ0v) is 16.8. The van der Waals surface area contributed by atoms with Crippen molar-refractivity contribution in [3.05, 3.63) is 0 Å². The molecular weight excluding hydrogens is 380 g/mol. The number of carbonyl (C=O) groups is 2.